The van der Waals surface area contributed by atoms with E-state index in [0.717, 1.165) is 0 Å². The van der Waals surface area contributed by atoms with Crippen LogP contribution in [0.4, 0.5) is 11.5 Å². The van der Waals surface area contributed by atoms with Gasteiger partial charge >= 0.3 is 0 Å². The Bertz CT molecular complexity index is 1160. The summed E-state index contributed by atoms with van der Waals surface area (Å²) in [6.07, 6.45) is 1.57. The molecule has 3 N–H and O–H groups in total. The van der Waals surface area contributed by atoms with Crippen molar-refractivity contribution in [3.8, 4) is 23.5 Å². The first kappa shape index (κ1) is 21.5. The Kier molecular flexibility index (Phi) is 6.86. The smallest absolute Gasteiger partial charge is 0.225 e. The molecule has 0 saturated carbocycles. The van der Waals surface area contributed by atoms with Gasteiger partial charge in [0.25, 0.3) is 0 Å². The number of pyridine rings is 1. The van der Waals surface area contributed by atoms with Crippen LogP contribution in [0.3, 0.4) is 0 Å². The lowest BCUT2D eigenvalue weighted by Crippen LogP contribution is -2.12. The van der Waals surface area contributed by atoms with E-state index >= 15 is 0 Å². The van der Waals surface area contributed by atoms with Crippen molar-refractivity contribution in [1.29, 1.82) is 10.5 Å². The minimum atomic E-state index is -0.257. The molecule has 3 rings (SSSR count). The van der Waals surface area contributed by atoms with E-state index < -0.39 is 0 Å². The van der Waals surface area contributed by atoms with Gasteiger partial charge in [-0.05, 0) is 30.3 Å². The van der Waals surface area contributed by atoms with Crippen LogP contribution in [0.1, 0.15) is 17.5 Å². The van der Waals surface area contributed by atoms with Gasteiger partial charge in [0.2, 0.25) is 5.91 Å². The maximum atomic E-state index is 12.2. The summed E-state index contributed by atoms with van der Waals surface area (Å²) in [5, 5.41) is 23.0. The Labute approximate surface area is 186 Å². The molecule has 0 aliphatic heterocycles. The van der Waals surface area contributed by atoms with Crippen LogP contribution in [0.2, 0.25) is 10.0 Å². The molecule has 0 atom stereocenters. The molecule has 10 heteroatoms. The second-order valence-corrected chi connectivity index (χ2v) is 7.89. The van der Waals surface area contributed by atoms with Gasteiger partial charge in [0, 0.05) is 27.9 Å². The van der Waals surface area contributed by atoms with Gasteiger partial charge in [-0.2, -0.15) is 10.5 Å². The van der Waals surface area contributed by atoms with Crippen LogP contribution >= 0.6 is 35.0 Å². The van der Waals surface area contributed by atoms with Gasteiger partial charge < -0.3 is 15.5 Å². The number of hydrogen-bond acceptors (Lipinski definition) is 7. The van der Waals surface area contributed by atoms with Crippen LogP contribution in [0.25, 0.3) is 11.3 Å². The first-order chi connectivity index (χ1) is 14.4. The third-order valence-corrected chi connectivity index (χ3v) is 5.31. The molecule has 1 amide bonds. The molecule has 0 saturated heterocycles. The molecule has 2 aromatic heterocycles. The normalized spacial score (nSPS) is 10.3. The van der Waals surface area contributed by atoms with Crippen molar-refractivity contribution in [3.05, 3.63) is 57.8 Å². The second kappa shape index (κ2) is 9.55. The quantitative estimate of drug-likeness (QED) is 0.492. The van der Waals surface area contributed by atoms with Crippen LogP contribution in [-0.2, 0) is 4.79 Å². The number of amides is 1. The first-order valence-corrected chi connectivity index (χ1v) is 10.2. The summed E-state index contributed by atoms with van der Waals surface area (Å²) in [4.78, 5) is 16.4. The number of thioether (sulfide) groups is 1. The zero-order valence-electron chi connectivity index (χ0n) is 15.3. The number of nitrogens with one attached hydrogen (secondary N) is 1. The summed E-state index contributed by atoms with van der Waals surface area (Å²) in [5.41, 5.74) is 6.94. The minimum Gasteiger partial charge on any atom is -0.464 e. The molecule has 0 aliphatic rings. The lowest BCUT2D eigenvalue weighted by atomic mass is 10.0. The summed E-state index contributed by atoms with van der Waals surface area (Å²) in [6.45, 7) is 0. The fraction of sp³-hybridized carbons (Fsp3) is 0.100. The van der Waals surface area contributed by atoms with Crippen LogP contribution in [0.15, 0.2) is 46.0 Å². The standard InChI is InChI=1S/C20H13Cl2N5O2S/c21-11-6-12(22)8-13(7-11)26-17(28)3-5-30-20-15(10-24)18(16-2-1-4-29-16)14(9-23)19(25)27-20/h1-2,4,6-8H,3,5H2,(H2,25,27)(H,26,28). The topological polar surface area (TPSA) is 129 Å². The third kappa shape index (κ3) is 4.87. The number of nitrogen functional groups attached to an aromatic ring is 1. The molecule has 1 aromatic carbocycles. The van der Waals surface area contributed by atoms with Crippen LogP contribution < -0.4 is 11.1 Å². The highest BCUT2D eigenvalue weighted by Crippen LogP contribution is 2.36. The molecular formula is C20H13Cl2N5O2S. The Balaban J connectivity index is 1.76. The molecule has 0 unspecified atom stereocenters. The number of nitrogens with zero attached hydrogens (tertiary/aromatic N) is 3. The monoisotopic (exact) mass is 457 g/mol. The Morgan fingerprint density at radius 2 is 1.90 bits per heavy atom. The number of benzene rings is 1. The number of furan rings is 1. The Morgan fingerprint density at radius 1 is 1.20 bits per heavy atom. The van der Waals surface area contributed by atoms with E-state index in [0.29, 0.717) is 32.3 Å². The average Bonchev–Trinajstić information content (AvgIpc) is 3.21. The number of aromatic nitrogens is 1. The molecule has 0 aliphatic carbocycles. The maximum absolute atomic E-state index is 12.2. The van der Waals surface area contributed by atoms with Crippen LogP contribution in [0.5, 0.6) is 0 Å². The van der Waals surface area contributed by atoms with Gasteiger partial charge in [-0.15, -0.1) is 11.8 Å². The van der Waals surface area contributed by atoms with E-state index in [9.17, 15) is 15.3 Å². The minimum absolute atomic E-state index is 0.0107. The summed E-state index contributed by atoms with van der Waals surface area (Å²) >= 11 is 13.0. The number of carbonyl (C=O) groups excluding carboxylic acids is 1. The molecule has 150 valence electrons. The average molecular weight is 458 g/mol. The van der Waals surface area contributed by atoms with Gasteiger partial charge in [0.1, 0.15) is 34.3 Å². The number of hydrogen-bond donors (Lipinski definition) is 2. The van der Waals surface area contributed by atoms with E-state index in [1.165, 1.54) is 18.0 Å². The maximum Gasteiger partial charge on any atom is 0.225 e. The molecule has 0 radical (unpaired) electrons. The van der Waals surface area contributed by atoms with Gasteiger partial charge in [0.05, 0.1) is 17.4 Å². The SMILES string of the molecule is N#Cc1c(N)nc(SCCC(=O)Nc2cc(Cl)cc(Cl)c2)c(C#N)c1-c1ccco1. The highest BCUT2D eigenvalue weighted by Gasteiger charge is 2.22. The highest BCUT2D eigenvalue weighted by molar-refractivity contribution is 7.99. The molecule has 0 bridgehead atoms. The second-order valence-electron chi connectivity index (χ2n) is 5.93. The number of halogens is 2. The van der Waals surface area contributed by atoms with Crippen molar-refractivity contribution in [2.45, 2.75) is 11.4 Å². The van der Waals surface area contributed by atoms with Crippen LogP contribution in [0, 0.1) is 22.7 Å². The summed E-state index contributed by atoms with van der Waals surface area (Å²) in [6, 6.07) is 12.1. The molecule has 0 fully saturated rings. The Hall–Kier alpha value is -3.17. The van der Waals surface area contributed by atoms with Gasteiger partial charge in [-0.1, -0.05) is 23.2 Å². The molecule has 7 nitrogen and oxygen atoms in total. The lowest BCUT2D eigenvalue weighted by Gasteiger charge is -2.11. The van der Waals surface area contributed by atoms with E-state index in [1.807, 2.05) is 6.07 Å². The predicted molar refractivity (Wildman–Crippen MR) is 116 cm³/mol. The molecule has 2 heterocycles. The zero-order chi connectivity index (χ0) is 21.7. The number of carbonyl (C=O) groups is 1. The lowest BCUT2D eigenvalue weighted by molar-refractivity contribution is -0.115. The molecule has 3 aromatic rings. The number of anilines is 2. The van der Waals surface area contributed by atoms with Crippen molar-refractivity contribution in [1.82, 2.24) is 4.98 Å². The number of nitrogens with two attached hydrogens (primary N) is 1. The molecule has 0 spiro atoms. The zero-order valence-corrected chi connectivity index (χ0v) is 17.6. The largest absolute Gasteiger partial charge is 0.464 e. The fourth-order valence-corrected chi connectivity index (χ4v) is 4.12. The van der Waals surface area contributed by atoms with Gasteiger partial charge in [0.15, 0.2) is 0 Å². The molecule has 30 heavy (non-hydrogen) atoms. The van der Waals surface area contributed by atoms with E-state index in [1.54, 1.807) is 30.3 Å². The highest BCUT2D eigenvalue weighted by atomic mass is 35.5. The van der Waals surface area contributed by atoms with E-state index in [4.69, 9.17) is 33.4 Å². The summed E-state index contributed by atoms with van der Waals surface area (Å²) in [7, 11) is 0. The van der Waals surface area contributed by atoms with Crippen molar-refractivity contribution >= 4 is 52.4 Å². The summed E-state index contributed by atoms with van der Waals surface area (Å²) in [5.74, 6) is 0.398. The summed E-state index contributed by atoms with van der Waals surface area (Å²) < 4.78 is 5.36. The van der Waals surface area contributed by atoms with Gasteiger partial charge in [-0.3, -0.25) is 4.79 Å². The molecular weight excluding hydrogens is 445 g/mol. The van der Waals surface area contributed by atoms with Crippen molar-refractivity contribution in [2.75, 3.05) is 16.8 Å². The van der Waals surface area contributed by atoms with E-state index in [2.05, 4.69) is 16.4 Å². The fourth-order valence-electron chi connectivity index (χ4n) is 2.66. The third-order valence-electron chi connectivity index (χ3n) is 3.90. The van der Waals surface area contributed by atoms with Crippen molar-refractivity contribution in [3.63, 3.8) is 0 Å². The van der Waals surface area contributed by atoms with Crippen molar-refractivity contribution in [2.24, 2.45) is 0 Å². The van der Waals surface area contributed by atoms with Crippen molar-refractivity contribution < 1.29 is 9.21 Å². The first-order valence-electron chi connectivity index (χ1n) is 8.49. The van der Waals surface area contributed by atoms with Crippen LogP contribution in [-0.4, -0.2) is 16.6 Å². The number of rotatable bonds is 6. The van der Waals surface area contributed by atoms with Gasteiger partial charge in [-0.25, -0.2) is 4.98 Å². The van der Waals surface area contributed by atoms with E-state index in [-0.39, 0.29) is 34.8 Å². The number of nitriles is 2. The Morgan fingerprint density at radius 3 is 2.50 bits per heavy atom. The predicted octanol–water partition coefficient (Wildman–Crippen LogP) is 5.09.